The Morgan fingerprint density at radius 2 is 1.70 bits per heavy atom. The number of carbonyl (C=O) groups is 3. The van der Waals surface area contributed by atoms with Gasteiger partial charge in [0.1, 0.15) is 0 Å². The number of hydrogen-bond donors (Lipinski definition) is 0. The zero-order valence-electron chi connectivity index (χ0n) is 12.3. The molecule has 1 saturated heterocycles. The van der Waals surface area contributed by atoms with Gasteiger partial charge < -0.3 is 9.90 Å². The SMILES string of the molecule is O=C([O-])c1cccc(N2C(=O)[C@@H]3[C@H](C2=O)[C@H]2C=C[C@@H]3C23CC3)c1. The molecule has 1 aromatic rings. The van der Waals surface area contributed by atoms with E-state index in [4.69, 9.17) is 0 Å². The van der Waals surface area contributed by atoms with Crippen LogP contribution < -0.4 is 10.0 Å². The Morgan fingerprint density at radius 3 is 2.22 bits per heavy atom. The maximum absolute atomic E-state index is 12.9. The second kappa shape index (κ2) is 3.91. The molecule has 2 amide bonds. The highest BCUT2D eigenvalue weighted by atomic mass is 16.4. The van der Waals surface area contributed by atoms with Crippen molar-refractivity contribution in [2.75, 3.05) is 4.90 Å². The molecule has 116 valence electrons. The summed E-state index contributed by atoms with van der Waals surface area (Å²) in [5.74, 6) is -1.88. The minimum absolute atomic E-state index is 0.0279. The molecule has 0 unspecified atom stereocenters. The number of rotatable bonds is 2. The maximum Gasteiger partial charge on any atom is 0.238 e. The Morgan fingerprint density at radius 1 is 1.09 bits per heavy atom. The molecule has 4 atom stereocenters. The Balaban J connectivity index is 1.56. The average molecular weight is 308 g/mol. The van der Waals surface area contributed by atoms with Gasteiger partial charge in [-0.05, 0) is 47.8 Å². The summed E-state index contributed by atoms with van der Waals surface area (Å²) in [7, 11) is 0. The van der Waals surface area contributed by atoms with Crippen molar-refractivity contribution in [2.24, 2.45) is 29.1 Å². The van der Waals surface area contributed by atoms with Crippen LogP contribution in [0.25, 0.3) is 0 Å². The molecule has 1 aromatic carbocycles. The standard InChI is InChI=1S/C18H15NO4/c20-15-13-11-4-5-12(18(11)6-7-18)14(13)16(21)19(15)10-3-1-2-9(8-10)17(22)23/h1-5,8,11-14H,6-7H2,(H,22,23)/p-1/t11-,12+,13-,14+. The van der Waals surface area contributed by atoms with Crippen molar-refractivity contribution in [2.45, 2.75) is 12.8 Å². The summed E-state index contributed by atoms with van der Waals surface area (Å²) in [4.78, 5) is 38.0. The van der Waals surface area contributed by atoms with Crippen LogP contribution in [0.3, 0.4) is 0 Å². The monoisotopic (exact) mass is 308 g/mol. The van der Waals surface area contributed by atoms with Gasteiger partial charge >= 0.3 is 0 Å². The summed E-state index contributed by atoms with van der Waals surface area (Å²) in [6, 6.07) is 5.87. The van der Waals surface area contributed by atoms with Crippen molar-refractivity contribution >= 4 is 23.5 Å². The molecule has 5 rings (SSSR count). The van der Waals surface area contributed by atoms with E-state index in [9.17, 15) is 19.5 Å². The van der Waals surface area contributed by atoms with Crippen LogP contribution in [0.5, 0.6) is 0 Å². The van der Waals surface area contributed by atoms with E-state index < -0.39 is 5.97 Å². The van der Waals surface area contributed by atoms with Crippen molar-refractivity contribution in [1.82, 2.24) is 0 Å². The van der Waals surface area contributed by atoms with Crippen LogP contribution in [0, 0.1) is 29.1 Å². The minimum Gasteiger partial charge on any atom is -0.545 e. The molecule has 23 heavy (non-hydrogen) atoms. The van der Waals surface area contributed by atoms with E-state index in [1.54, 1.807) is 6.07 Å². The molecule has 5 nitrogen and oxygen atoms in total. The second-order valence-electron chi connectivity index (χ2n) is 7.07. The summed E-state index contributed by atoms with van der Waals surface area (Å²) in [5, 5.41) is 11.0. The maximum atomic E-state index is 12.9. The van der Waals surface area contributed by atoms with Crippen molar-refractivity contribution < 1.29 is 19.5 Å². The number of fused-ring (bicyclic) bond motifs is 3. The first-order valence-corrected chi connectivity index (χ1v) is 7.92. The molecule has 1 spiro atoms. The lowest BCUT2D eigenvalue weighted by Crippen LogP contribution is -2.35. The van der Waals surface area contributed by atoms with E-state index in [0.717, 1.165) is 12.8 Å². The van der Waals surface area contributed by atoms with Gasteiger partial charge in [-0.15, -0.1) is 0 Å². The molecule has 3 fully saturated rings. The number of carbonyl (C=O) groups excluding carboxylic acids is 3. The van der Waals surface area contributed by atoms with Gasteiger partial charge in [0.15, 0.2) is 0 Å². The molecule has 0 N–H and O–H groups in total. The third-order valence-electron chi connectivity index (χ3n) is 6.19. The highest BCUT2D eigenvalue weighted by Crippen LogP contribution is 2.73. The largest absolute Gasteiger partial charge is 0.545 e. The molecule has 5 heteroatoms. The van der Waals surface area contributed by atoms with Gasteiger partial charge in [0.25, 0.3) is 0 Å². The van der Waals surface area contributed by atoms with E-state index in [0.29, 0.717) is 5.69 Å². The third kappa shape index (κ3) is 1.41. The van der Waals surface area contributed by atoms with Crippen molar-refractivity contribution in [3.05, 3.63) is 42.0 Å². The first kappa shape index (κ1) is 13.0. The van der Waals surface area contributed by atoms with Crippen LogP contribution >= 0.6 is 0 Å². The summed E-state index contributed by atoms with van der Waals surface area (Å²) in [5.41, 5.74) is 0.472. The third-order valence-corrected chi connectivity index (χ3v) is 6.19. The van der Waals surface area contributed by atoms with Crippen LogP contribution in [0.15, 0.2) is 36.4 Å². The number of allylic oxidation sites excluding steroid dienone is 2. The summed E-state index contributed by atoms with van der Waals surface area (Å²) >= 11 is 0. The Kier molecular flexibility index (Phi) is 2.22. The molecule has 2 bridgehead atoms. The molecule has 1 aliphatic heterocycles. The Bertz CT molecular complexity index is 773. The first-order valence-electron chi connectivity index (χ1n) is 7.92. The zero-order chi connectivity index (χ0) is 15.9. The second-order valence-corrected chi connectivity index (χ2v) is 7.07. The van der Waals surface area contributed by atoms with Crippen LogP contribution in [0.1, 0.15) is 23.2 Å². The lowest BCUT2D eigenvalue weighted by Gasteiger charge is -2.22. The topological polar surface area (TPSA) is 77.5 Å². The van der Waals surface area contributed by atoms with E-state index in [1.807, 2.05) is 0 Å². The highest BCUT2D eigenvalue weighted by molar-refractivity contribution is 6.23. The lowest BCUT2D eigenvalue weighted by molar-refractivity contribution is -0.255. The average Bonchev–Trinajstić information content (AvgIpc) is 3.13. The smallest absolute Gasteiger partial charge is 0.238 e. The number of imide groups is 1. The summed E-state index contributed by atoms with van der Waals surface area (Å²) < 4.78 is 0. The molecular formula is C18H14NO4-. The number of amides is 2. The van der Waals surface area contributed by atoms with E-state index in [2.05, 4.69) is 12.2 Å². The minimum atomic E-state index is -1.31. The number of nitrogens with zero attached hydrogens (tertiary/aromatic N) is 1. The predicted octanol–water partition coefficient (Wildman–Crippen LogP) is 0.752. The predicted molar refractivity (Wildman–Crippen MR) is 78.0 cm³/mol. The normalized spacial score (nSPS) is 35.2. The van der Waals surface area contributed by atoms with Crippen LogP contribution in [-0.2, 0) is 9.59 Å². The van der Waals surface area contributed by atoms with Gasteiger partial charge in [-0.2, -0.15) is 0 Å². The van der Waals surface area contributed by atoms with Gasteiger partial charge in [-0.3, -0.25) is 9.59 Å². The van der Waals surface area contributed by atoms with E-state index in [1.165, 1.54) is 23.1 Å². The highest BCUT2D eigenvalue weighted by Gasteiger charge is 2.73. The van der Waals surface area contributed by atoms with Gasteiger partial charge in [0.2, 0.25) is 11.8 Å². The summed E-state index contributed by atoms with van der Waals surface area (Å²) in [6.45, 7) is 0. The fourth-order valence-corrected chi connectivity index (χ4v) is 5.10. The Hall–Kier alpha value is -2.43. The fourth-order valence-electron chi connectivity index (χ4n) is 5.10. The van der Waals surface area contributed by atoms with Crippen molar-refractivity contribution in [3.8, 4) is 0 Å². The Labute approximate surface area is 132 Å². The van der Waals surface area contributed by atoms with E-state index >= 15 is 0 Å². The van der Waals surface area contributed by atoms with Gasteiger partial charge in [0.05, 0.1) is 23.5 Å². The molecule has 2 saturated carbocycles. The van der Waals surface area contributed by atoms with Gasteiger partial charge in [-0.1, -0.05) is 24.3 Å². The van der Waals surface area contributed by atoms with Crippen molar-refractivity contribution in [1.29, 1.82) is 0 Å². The van der Waals surface area contributed by atoms with Crippen LogP contribution in [0.2, 0.25) is 0 Å². The number of benzene rings is 1. The molecule has 0 aromatic heterocycles. The number of carboxylic acid groups (broad SMARTS) is 1. The first-order chi connectivity index (χ1) is 11.0. The molecule has 3 aliphatic carbocycles. The van der Waals surface area contributed by atoms with Gasteiger partial charge in [-0.25, -0.2) is 4.90 Å². The van der Waals surface area contributed by atoms with Gasteiger partial charge in [0, 0.05) is 0 Å². The molecule has 4 aliphatic rings. The molecule has 1 heterocycles. The zero-order valence-corrected chi connectivity index (χ0v) is 12.3. The number of anilines is 1. The molecular weight excluding hydrogens is 294 g/mol. The number of carboxylic acids is 1. The quantitative estimate of drug-likeness (QED) is 0.597. The lowest BCUT2D eigenvalue weighted by atomic mass is 9.85. The van der Waals surface area contributed by atoms with Crippen LogP contribution in [-0.4, -0.2) is 17.8 Å². The van der Waals surface area contributed by atoms with Crippen molar-refractivity contribution in [3.63, 3.8) is 0 Å². The number of aromatic carboxylic acids is 1. The van der Waals surface area contributed by atoms with Crippen LogP contribution in [0.4, 0.5) is 5.69 Å². The van der Waals surface area contributed by atoms with E-state index in [-0.39, 0.29) is 46.5 Å². The summed E-state index contributed by atoms with van der Waals surface area (Å²) in [6.07, 6.45) is 6.43. The fraction of sp³-hybridized carbons (Fsp3) is 0.389. The number of hydrogen-bond acceptors (Lipinski definition) is 4. The molecule has 0 radical (unpaired) electrons.